The maximum absolute atomic E-state index is 13.5. The molecule has 1 heterocycles. The Morgan fingerprint density at radius 3 is 2.59 bits per heavy atom. The molecule has 1 aliphatic rings. The Balaban J connectivity index is 1.57. The second kappa shape index (κ2) is 10.5. The summed E-state index contributed by atoms with van der Waals surface area (Å²) in [5.41, 5.74) is 1.53. The van der Waals surface area contributed by atoms with Gasteiger partial charge in [-0.25, -0.2) is 4.98 Å². The fourth-order valence-electron chi connectivity index (χ4n) is 4.33. The Hall–Kier alpha value is -2.41. The molecule has 4 aromatic rings. The first-order chi connectivity index (χ1) is 16.6. The van der Waals surface area contributed by atoms with E-state index in [9.17, 15) is 4.79 Å². The van der Waals surface area contributed by atoms with E-state index in [1.165, 1.54) is 11.1 Å². The second-order valence-corrected chi connectivity index (χ2v) is 10.9. The van der Waals surface area contributed by atoms with Crippen LogP contribution in [-0.2, 0) is 0 Å². The normalized spacial score (nSPS) is 14.8. The van der Waals surface area contributed by atoms with Gasteiger partial charge in [0.1, 0.15) is 5.82 Å². The maximum Gasteiger partial charge on any atom is 0.282 e. The van der Waals surface area contributed by atoms with Gasteiger partial charge in [0.2, 0.25) is 0 Å². The smallest absolute Gasteiger partial charge is 0.267 e. The topological polar surface area (TPSA) is 47.2 Å². The molecule has 1 aliphatic carbocycles. The minimum atomic E-state index is -0.133. The molecule has 1 saturated carbocycles. The zero-order valence-corrected chi connectivity index (χ0v) is 21.6. The average molecular weight is 553 g/mol. The summed E-state index contributed by atoms with van der Waals surface area (Å²) in [5.74, 6) is 1.00. The molecule has 0 N–H and O–H groups in total. The number of aromatic nitrogens is 2. The van der Waals surface area contributed by atoms with E-state index in [1.54, 1.807) is 18.0 Å². The summed E-state index contributed by atoms with van der Waals surface area (Å²) in [7, 11) is 0. The predicted octanol–water partition coefficient (Wildman–Crippen LogP) is 7.89. The van der Waals surface area contributed by atoms with Gasteiger partial charge in [0, 0.05) is 30.8 Å². The van der Waals surface area contributed by atoms with Crippen molar-refractivity contribution in [2.75, 3.05) is 0 Å². The molecule has 0 unspecified atom stereocenters. The largest absolute Gasteiger partial charge is 0.282 e. The van der Waals surface area contributed by atoms with E-state index < -0.39 is 0 Å². The highest BCUT2D eigenvalue weighted by atomic mass is 79.9. The number of fused-ring (bicyclic) bond motifs is 1. The molecule has 0 bridgehead atoms. The summed E-state index contributed by atoms with van der Waals surface area (Å²) in [4.78, 5) is 20.6. The second-order valence-electron chi connectivity index (χ2n) is 8.42. The SMILES string of the molecule is O=c1c2cc(Br)ccc2nc(C2CCCCC2)n1N=Cc1ccccc1Sc1ccc(Cl)cc1. The number of benzene rings is 3. The maximum atomic E-state index is 13.5. The van der Waals surface area contributed by atoms with Gasteiger partial charge in [-0.2, -0.15) is 9.78 Å². The first-order valence-electron chi connectivity index (χ1n) is 11.4. The van der Waals surface area contributed by atoms with Crippen molar-refractivity contribution in [3.05, 3.63) is 98.0 Å². The number of hydrogen-bond donors (Lipinski definition) is 0. The third-order valence-corrected chi connectivity index (χ3v) is 7.92. The fraction of sp³-hybridized carbons (Fsp3) is 0.222. The van der Waals surface area contributed by atoms with E-state index in [4.69, 9.17) is 21.7 Å². The van der Waals surface area contributed by atoms with Gasteiger partial charge in [0.25, 0.3) is 5.56 Å². The Bertz CT molecular complexity index is 1410. The van der Waals surface area contributed by atoms with E-state index in [2.05, 4.69) is 22.0 Å². The lowest BCUT2D eigenvalue weighted by Gasteiger charge is -2.22. The summed E-state index contributed by atoms with van der Waals surface area (Å²) in [6.07, 6.45) is 7.39. The summed E-state index contributed by atoms with van der Waals surface area (Å²) in [6, 6.07) is 21.5. The number of halogens is 2. The first-order valence-corrected chi connectivity index (χ1v) is 13.4. The van der Waals surface area contributed by atoms with Gasteiger partial charge in [-0.15, -0.1) is 0 Å². The lowest BCUT2D eigenvalue weighted by atomic mass is 9.88. The van der Waals surface area contributed by atoms with Crippen LogP contribution in [0.2, 0.25) is 5.02 Å². The summed E-state index contributed by atoms with van der Waals surface area (Å²) in [5, 5.41) is 5.99. The predicted molar refractivity (Wildman–Crippen MR) is 145 cm³/mol. The number of hydrogen-bond acceptors (Lipinski definition) is 4. The van der Waals surface area contributed by atoms with Gasteiger partial charge < -0.3 is 0 Å². The third-order valence-electron chi connectivity index (χ3n) is 6.08. The standard InChI is InChI=1S/C27H23BrClN3OS/c28-20-10-15-24-23(16-20)27(33)32(26(31-24)18-6-2-1-3-7-18)30-17-19-8-4-5-9-25(19)34-22-13-11-21(29)12-14-22/h4-5,8-18H,1-3,6-7H2. The number of nitrogens with zero attached hydrogens (tertiary/aromatic N) is 3. The molecule has 0 radical (unpaired) electrons. The van der Waals surface area contributed by atoms with Gasteiger partial charge in [0.05, 0.1) is 17.1 Å². The van der Waals surface area contributed by atoms with Crippen molar-refractivity contribution >= 4 is 56.4 Å². The van der Waals surface area contributed by atoms with E-state index in [1.807, 2.05) is 60.7 Å². The lowest BCUT2D eigenvalue weighted by Crippen LogP contribution is -2.25. The van der Waals surface area contributed by atoms with Gasteiger partial charge in [-0.05, 0) is 61.4 Å². The highest BCUT2D eigenvalue weighted by molar-refractivity contribution is 9.10. The molecular weight excluding hydrogens is 530 g/mol. The average Bonchev–Trinajstić information content (AvgIpc) is 2.86. The van der Waals surface area contributed by atoms with Crippen LogP contribution in [0.25, 0.3) is 10.9 Å². The van der Waals surface area contributed by atoms with Gasteiger partial charge in [-0.1, -0.05) is 76.8 Å². The van der Waals surface area contributed by atoms with Crippen molar-refractivity contribution in [3.8, 4) is 0 Å². The molecule has 7 heteroatoms. The monoisotopic (exact) mass is 551 g/mol. The molecule has 0 spiro atoms. The van der Waals surface area contributed by atoms with Gasteiger partial charge in [0.15, 0.2) is 0 Å². The van der Waals surface area contributed by atoms with Crippen molar-refractivity contribution in [2.45, 2.75) is 47.8 Å². The molecule has 3 aromatic carbocycles. The first kappa shape index (κ1) is 23.3. The van der Waals surface area contributed by atoms with Crippen LogP contribution in [0, 0.1) is 0 Å². The van der Waals surface area contributed by atoms with Gasteiger partial charge >= 0.3 is 0 Å². The lowest BCUT2D eigenvalue weighted by molar-refractivity contribution is 0.416. The van der Waals surface area contributed by atoms with Crippen molar-refractivity contribution in [1.29, 1.82) is 0 Å². The highest BCUT2D eigenvalue weighted by Gasteiger charge is 2.22. The molecule has 172 valence electrons. The molecule has 34 heavy (non-hydrogen) atoms. The van der Waals surface area contributed by atoms with E-state index in [-0.39, 0.29) is 11.5 Å². The molecule has 0 aliphatic heterocycles. The molecule has 1 aromatic heterocycles. The molecular formula is C27H23BrClN3OS. The highest BCUT2D eigenvalue weighted by Crippen LogP contribution is 2.33. The van der Waals surface area contributed by atoms with Gasteiger partial charge in [-0.3, -0.25) is 4.79 Å². The van der Waals surface area contributed by atoms with Crippen LogP contribution in [0.5, 0.6) is 0 Å². The van der Waals surface area contributed by atoms with Crippen molar-refractivity contribution in [2.24, 2.45) is 5.10 Å². The molecule has 1 fully saturated rings. The summed E-state index contributed by atoms with van der Waals surface area (Å²) >= 11 is 11.2. The van der Waals surface area contributed by atoms with Crippen molar-refractivity contribution in [1.82, 2.24) is 9.66 Å². The fourth-order valence-corrected chi connectivity index (χ4v) is 5.73. The van der Waals surface area contributed by atoms with Crippen LogP contribution < -0.4 is 5.56 Å². The van der Waals surface area contributed by atoms with Crippen LogP contribution in [0.3, 0.4) is 0 Å². The molecule has 5 rings (SSSR count). The molecule has 0 saturated heterocycles. The molecule has 4 nitrogen and oxygen atoms in total. The number of rotatable bonds is 5. The molecule has 0 amide bonds. The Morgan fingerprint density at radius 2 is 1.79 bits per heavy atom. The minimum absolute atomic E-state index is 0.133. The van der Waals surface area contributed by atoms with Crippen LogP contribution in [0.15, 0.2) is 90.9 Å². The van der Waals surface area contributed by atoms with Crippen LogP contribution in [0.1, 0.15) is 49.4 Å². The Labute approximate surface area is 216 Å². The van der Waals surface area contributed by atoms with E-state index in [0.29, 0.717) is 10.4 Å². The van der Waals surface area contributed by atoms with Crippen LogP contribution >= 0.6 is 39.3 Å². The molecule has 0 atom stereocenters. The van der Waals surface area contributed by atoms with Crippen molar-refractivity contribution in [3.63, 3.8) is 0 Å². The zero-order chi connectivity index (χ0) is 23.5. The summed E-state index contributed by atoms with van der Waals surface area (Å²) in [6.45, 7) is 0. The zero-order valence-electron chi connectivity index (χ0n) is 18.5. The van der Waals surface area contributed by atoms with E-state index in [0.717, 1.165) is 56.9 Å². The van der Waals surface area contributed by atoms with Crippen molar-refractivity contribution < 1.29 is 0 Å². The Kier molecular flexibility index (Phi) is 7.18. The van der Waals surface area contributed by atoms with E-state index >= 15 is 0 Å². The minimum Gasteiger partial charge on any atom is -0.267 e. The summed E-state index contributed by atoms with van der Waals surface area (Å²) < 4.78 is 2.37. The van der Waals surface area contributed by atoms with Crippen LogP contribution in [-0.4, -0.2) is 15.9 Å². The third kappa shape index (κ3) is 5.14. The quantitative estimate of drug-likeness (QED) is 0.236. The van der Waals surface area contributed by atoms with Crippen LogP contribution in [0.4, 0.5) is 0 Å². The Morgan fingerprint density at radius 1 is 1.03 bits per heavy atom.